The number of benzene rings is 1. The van der Waals surface area contributed by atoms with Crippen LogP contribution in [0.2, 0.25) is 0 Å². The lowest BCUT2D eigenvalue weighted by atomic mass is 9.71. The van der Waals surface area contributed by atoms with E-state index in [9.17, 15) is 8.42 Å². The molecule has 2 saturated heterocycles. The van der Waals surface area contributed by atoms with E-state index in [0.29, 0.717) is 43.7 Å². The third-order valence-corrected chi connectivity index (χ3v) is 8.11. The summed E-state index contributed by atoms with van der Waals surface area (Å²) >= 11 is 0. The van der Waals surface area contributed by atoms with Crippen LogP contribution in [0.5, 0.6) is 11.5 Å². The van der Waals surface area contributed by atoms with E-state index < -0.39 is 10.0 Å². The molecule has 4 rings (SSSR count). The third-order valence-electron chi connectivity index (χ3n) is 6.22. The molecule has 1 aromatic rings. The highest BCUT2D eigenvalue weighted by molar-refractivity contribution is 7.89. The molecule has 1 unspecified atom stereocenters. The standard InChI is InChI=1S/C19H28N2O5S/c1-20-12-15(13-24-2)19(14-20)5-7-21(8-6-19)27(22,23)16-3-4-17-18(11-16)26-10-9-25-17/h3-4,11,15H,5-10,12-14H2,1-2H3. The molecule has 27 heavy (non-hydrogen) atoms. The van der Waals surface area contributed by atoms with Crippen LogP contribution in [0.1, 0.15) is 12.8 Å². The number of methoxy groups -OCH3 is 1. The van der Waals surface area contributed by atoms with Crippen molar-refractivity contribution in [1.29, 1.82) is 0 Å². The number of piperidine rings is 1. The lowest BCUT2D eigenvalue weighted by Crippen LogP contribution is -2.47. The van der Waals surface area contributed by atoms with Crippen LogP contribution in [-0.4, -0.2) is 77.8 Å². The van der Waals surface area contributed by atoms with Crippen LogP contribution in [-0.2, 0) is 14.8 Å². The molecule has 7 nitrogen and oxygen atoms in total. The summed E-state index contributed by atoms with van der Waals surface area (Å²) in [5, 5.41) is 0. The second-order valence-electron chi connectivity index (χ2n) is 7.92. The minimum absolute atomic E-state index is 0.156. The number of nitrogens with zero attached hydrogens (tertiary/aromatic N) is 2. The summed E-state index contributed by atoms with van der Waals surface area (Å²) in [5.74, 6) is 1.58. The molecule has 0 aromatic heterocycles. The summed E-state index contributed by atoms with van der Waals surface area (Å²) in [4.78, 5) is 2.62. The van der Waals surface area contributed by atoms with Gasteiger partial charge in [-0.15, -0.1) is 0 Å². The van der Waals surface area contributed by atoms with Crippen molar-refractivity contribution in [2.24, 2.45) is 11.3 Å². The molecule has 0 aliphatic carbocycles. The highest BCUT2D eigenvalue weighted by atomic mass is 32.2. The minimum Gasteiger partial charge on any atom is -0.486 e. The Balaban J connectivity index is 1.50. The maximum absolute atomic E-state index is 13.1. The van der Waals surface area contributed by atoms with Gasteiger partial charge in [0.05, 0.1) is 11.5 Å². The van der Waals surface area contributed by atoms with Gasteiger partial charge >= 0.3 is 0 Å². The fourth-order valence-corrected chi connectivity index (χ4v) is 6.26. The van der Waals surface area contributed by atoms with Crippen molar-refractivity contribution in [1.82, 2.24) is 9.21 Å². The second kappa shape index (κ2) is 7.24. The summed E-state index contributed by atoms with van der Waals surface area (Å²) in [6.45, 7) is 4.79. The quantitative estimate of drug-likeness (QED) is 0.767. The van der Waals surface area contributed by atoms with Crippen LogP contribution < -0.4 is 9.47 Å². The van der Waals surface area contributed by atoms with Gasteiger partial charge in [0.1, 0.15) is 13.2 Å². The van der Waals surface area contributed by atoms with Crippen molar-refractivity contribution >= 4 is 10.0 Å². The zero-order valence-corrected chi connectivity index (χ0v) is 16.8. The van der Waals surface area contributed by atoms with E-state index >= 15 is 0 Å². The monoisotopic (exact) mass is 396 g/mol. The zero-order valence-electron chi connectivity index (χ0n) is 16.0. The van der Waals surface area contributed by atoms with E-state index in [0.717, 1.165) is 32.5 Å². The van der Waals surface area contributed by atoms with Gasteiger partial charge in [-0.2, -0.15) is 4.31 Å². The van der Waals surface area contributed by atoms with Gasteiger partial charge in [0, 0.05) is 45.3 Å². The average Bonchev–Trinajstić information content (AvgIpc) is 2.96. The molecule has 0 saturated carbocycles. The fraction of sp³-hybridized carbons (Fsp3) is 0.684. The summed E-state index contributed by atoms with van der Waals surface area (Å²) in [5.41, 5.74) is 0.156. The highest BCUT2D eigenvalue weighted by Crippen LogP contribution is 2.45. The zero-order chi connectivity index (χ0) is 19.1. The van der Waals surface area contributed by atoms with Crippen molar-refractivity contribution in [3.05, 3.63) is 18.2 Å². The molecular weight excluding hydrogens is 368 g/mol. The Kier molecular flexibility index (Phi) is 5.09. The van der Waals surface area contributed by atoms with E-state index in [-0.39, 0.29) is 10.3 Å². The third kappa shape index (κ3) is 3.44. The van der Waals surface area contributed by atoms with Gasteiger partial charge in [0.25, 0.3) is 0 Å². The lowest BCUT2D eigenvalue weighted by molar-refractivity contribution is 0.0569. The van der Waals surface area contributed by atoms with Crippen LogP contribution >= 0.6 is 0 Å². The van der Waals surface area contributed by atoms with Crippen molar-refractivity contribution < 1.29 is 22.6 Å². The average molecular weight is 397 g/mol. The number of hydrogen-bond donors (Lipinski definition) is 0. The molecule has 1 spiro atoms. The van der Waals surface area contributed by atoms with Gasteiger partial charge in [-0.25, -0.2) is 8.42 Å². The van der Waals surface area contributed by atoms with Gasteiger partial charge < -0.3 is 19.1 Å². The molecule has 3 aliphatic rings. The fourth-order valence-electron chi connectivity index (χ4n) is 4.80. The van der Waals surface area contributed by atoms with Crippen LogP contribution in [0.25, 0.3) is 0 Å². The molecule has 0 amide bonds. The summed E-state index contributed by atoms with van der Waals surface area (Å²) in [6, 6.07) is 4.89. The Bertz CT molecular complexity index is 789. The Morgan fingerprint density at radius 1 is 1.19 bits per heavy atom. The van der Waals surface area contributed by atoms with Crippen molar-refractivity contribution in [2.45, 2.75) is 17.7 Å². The van der Waals surface area contributed by atoms with Gasteiger partial charge in [0.2, 0.25) is 10.0 Å². The number of ether oxygens (including phenoxy) is 3. The first-order valence-corrected chi connectivity index (χ1v) is 11.0. The van der Waals surface area contributed by atoms with Gasteiger partial charge in [-0.1, -0.05) is 0 Å². The van der Waals surface area contributed by atoms with Crippen LogP contribution in [0.15, 0.2) is 23.1 Å². The van der Waals surface area contributed by atoms with Gasteiger partial charge in [-0.3, -0.25) is 0 Å². The molecule has 150 valence electrons. The Morgan fingerprint density at radius 3 is 2.59 bits per heavy atom. The number of fused-ring (bicyclic) bond motifs is 1. The molecule has 1 atom stereocenters. The first kappa shape index (κ1) is 19.0. The first-order chi connectivity index (χ1) is 12.9. The van der Waals surface area contributed by atoms with E-state index in [1.165, 1.54) is 0 Å². The number of sulfonamides is 1. The molecule has 3 heterocycles. The maximum atomic E-state index is 13.1. The smallest absolute Gasteiger partial charge is 0.243 e. The Labute approximate surface area is 161 Å². The van der Waals surface area contributed by atoms with Gasteiger partial charge in [-0.05, 0) is 37.4 Å². The van der Waals surface area contributed by atoms with Crippen LogP contribution in [0.4, 0.5) is 0 Å². The maximum Gasteiger partial charge on any atom is 0.243 e. The highest BCUT2D eigenvalue weighted by Gasteiger charge is 2.48. The molecule has 3 aliphatic heterocycles. The van der Waals surface area contributed by atoms with Crippen molar-refractivity contribution in [3.8, 4) is 11.5 Å². The first-order valence-electron chi connectivity index (χ1n) is 9.52. The van der Waals surface area contributed by atoms with Crippen molar-refractivity contribution in [3.63, 3.8) is 0 Å². The van der Waals surface area contributed by atoms with E-state index in [1.54, 1.807) is 29.6 Å². The summed E-state index contributed by atoms with van der Waals surface area (Å²) in [6.07, 6.45) is 1.74. The topological polar surface area (TPSA) is 68.3 Å². The molecule has 0 N–H and O–H groups in total. The minimum atomic E-state index is -3.53. The molecule has 2 fully saturated rings. The van der Waals surface area contributed by atoms with E-state index in [4.69, 9.17) is 14.2 Å². The molecule has 0 bridgehead atoms. The Morgan fingerprint density at radius 2 is 1.89 bits per heavy atom. The SMILES string of the molecule is COCC1CN(C)CC12CCN(S(=O)(=O)c1ccc3c(c1)OCCO3)CC2. The summed E-state index contributed by atoms with van der Waals surface area (Å²) in [7, 11) is 0.346. The largest absolute Gasteiger partial charge is 0.486 e. The van der Waals surface area contributed by atoms with E-state index in [2.05, 4.69) is 11.9 Å². The number of likely N-dealkylation sites (tertiary alicyclic amines) is 1. The molecule has 1 aromatic carbocycles. The second-order valence-corrected chi connectivity index (χ2v) is 9.86. The normalized spacial score (nSPS) is 25.8. The van der Waals surface area contributed by atoms with Crippen molar-refractivity contribution in [2.75, 3.05) is 60.2 Å². The lowest BCUT2D eigenvalue weighted by Gasteiger charge is -2.42. The predicted molar refractivity (Wildman–Crippen MR) is 101 cm³/mol. The van der Waals surface area contributed by atoms with Crippen LogP contribution in [0, 0.1) is 11.3 Å². The Hall–Kier alpha value is -1.35. The predicted octanol–water partition coefficient (Wildman–Crippen LogP) is 1.44. The molecule has 8 heteroatoms. The summed E-state index contributed by atoms with van der Waals surface area (Å²) < 4.78 is 44.4. The number of hydrogen-bond acceptors (Lipinski definition) is 6. The van der Waals surface area contributed by atoms with Gasteiger partial charge in [0.15, 0.2) is 11.5 Å². The molecule has 0 radical (unpaired) electrons. The van der Waals surface area contributed by atoms with E-state index in [1.807, 2.05) is 0 Å². The van der Waals surface area contributed by atoms with Crippen LogP contribution in [0.3, 0.4) is 0 Å². The number of rotatable bonds is 4. The molecular formula is C19H28N2O5S.